The molecule has 0 saturated heterocycles. The van der Waals surface area contributed by atoms with Gasteiger partial charge in [0.2, 0.25) is 5.69 Å². The molecule has 0 bridgehead atoms. The standard InChI is InChI=1S/C19H20N2O.BF4/c1-3-21(4-2)17-12-10-15-11-13-19(22-18(15)14-17)20-16-8-6-5-7-9-16;2-1(3,4)5/h5-14H,3-4H2,1-2H3;/q;-1/p+1. The van der Waals surface area contributed by atoms with Crippen molar-refractivity contribution in [3.05, 3.63) is 66.2 Å². The molecule has 0 spiro atoms. The normalized spacial score (nSPS) is 11.9. The number of hydrogen-bond acceptors (Lipinski definition) is 2. The number of nitrogens with one attached hydrogen (secondary N) is 1. The maximum absolute atomic E-state index is 9.75. The van der Waals surface area contributed by atoms with Gasteiger partial charge in [0, 0.05) is 42.4 Å². The fraction of sp³-hybridized carbons (Fsp3) is 0.211. The Morgan fingerprint density at radius 3 is 2.07 bits per heavy atom. The summed E-state index contributed by atoms with van der Waals surface area (Å²) in [6.45, 7) is 6.31. The summed E-state index contributed by atoms with van der Waals surface area (Å²) in [6, 6.07) is 20.5. The highest BCUT2D eigenvalue weighted by atomic mass is 19.5. The Hall–Kier alpha value is -2.77. The minimum absolute atomic E-state index is 0.746. The summed E-state index contributed by atoms with van der Waals surface area (Å²) in [5.41, 5.74) is 3.85. The zero-order valence-corrected chi connectivity index (χ0v) is 15.1. The van der Waals surface area contributed by atoms with Crippen molar-refractivity contribution in [2.75, 3.05) is 18.0 Å². The van der Waals surface area contributed by atoms with Crippen LogP contribution >= 0.6 is 0 Å². The van der Waals surface area contributed by atoms with Gasteiger partial charge in [-0.3, -0.25) is 0 Å². The van der Waals surface area contributed by atoms with E-state index in [1.165, 1.54) is 5.69 Å². The number of rotatable bonds is 4. The summed E-state index contributed by atoms with van der Waals surface area (Å²) in [5, 5.41) is 1.11. The fourth-order valence-corrected chi connectivity index (χ4v) is 2.58. The smallest absolute Gasteiger partial charge is 0.418 e. The molecule has 8 heteroatoms. The van der Waals surface area contributed by atoms with Crippen LogP contribution in [0.4, 0.5) is 28.6 Å². The zero-order valence-electron chi connectivity index (χ0n) is 15.1. The summed E-state index contributed by atoms with van der Waals surface area (Å²) >= 11 is 0. The van der Waals surface area contributed by atoms with Crippen molar-refractivity contribution in [2.45, 2.75) is 13.8 Å². The third-order valence-corrected chi connectivity index (χ3v) is 3.80. The van der Waals surface area contributed by atoms with Crippen molar-refractivity contribution in [3.63, 3.8) is 0 Å². The average Bonchev–Trinajstić information content (AvgIpc) is 2.62. The monoisotopic (exact) mass is 380 g/mol. The second kappa shape index (κ2) is 9.25. The Balaban J connectivity index is 0.000000465. The number of para-hydroxylation sites is 1. The lowest BCUT2D eigenvalue weighted by Gasteiger charge is -2.20. The Morgan fingerprint density at radius 2 is 1.48 bits per heavy atom. The van der Waals surface area contributed by atoms with Crippen LogP contribution in [0.1, 0.15) is 13.8 Å². The van der Waals surface area contributed by atoms with E-state index in [1.54, 1.807) is 0 Å². The predicted octanol–water partition coefficient (Wildman–Crippen LogP) is 3.89. The average molecular weight is 380 g/mol. The molecule has 0 unspecified atom stereocenters. The number of hydrogen-bond donors (Lipinski definition) is 1. The molecule has 0 amide bonds. The quantitative estimate of drug-likeness (QED) is 0.550. The van der Waals surface area contributed by atoms with Crippen LogP contribution in [0.3, 0.4) is 0 Å². The number of anilines is 1. The van der Waals surface area contributed by atoms with E-state index < -0.39 is 7.25 Å². The third-order valence-electron chi connectivity index (χ3n) is 3.80. The summed E-state index contributed by atoms with van der Waals surface area (Å²) in [7, 11) is -6.00. The highest BCUT2D eigenvalue weighted by Gasteiger charge is 2.20. The summed E-state index contributed by atoms with van der Waals surface area (Å²) in [5.74, 6) is 0. The van der Waals surface area contributed by atoms with Crippen molar-refractivity contribution >= 4 is 29.6 Å². The van der Waals surface area contributed by atoms with Crippen molar-refractivity contribution in [1.29, 1.82) is 0 Å². The molecule has 0 saturated carbocycles. The molecule has 3 nitrogen and oxygen atoms in total. The first-order chi connectivity index (χ1) is 12.8. The first-order valence-electron chi connectivity index (χ1n) is 8.61. The van der Waals surface area contributed by atoms with Crippen LogP contribution in [-0.4, -0.2) is 20.3 Å². The highest BCUT2D eigenvalue weighted by Crippen LogP contribution is 2.20. The van der Waals surface area contributed by atoms with Crippen molar-refractivity contribution in [2.24, 2.45) is 0 Å². The van der Waals surface area contributed by atoms with E-state index in [0.29, 0.717) is 0 Å². The third kappa shape index (κ3) is 6.81. The Bertz CT molecular complexity index is 916. The molecule has 1 heterocycles. The summed E-state index contributed by atoms with van der Waals surface area (Å²) in [6.07, 6.45) is 0. The molecule has 1 aromatic heterocycles. The van der Waals surface area contributed by atoms with Gasteiger partial charge in [-0.05, 0) is 32.0 Å². The molecule has 3 aromatic rings. The van der Waals surface area contributed by atoms with E-state index >= 15 is 0 Å². The molecule has 0 fully saturated rings. The number of halogens is 4. The van der Waals surface area contributed by atoms with Crippen molar-refractivity contribution < 1.29 is 26.7 Å². The van der Waals surface area contributed by atoms with Crippen LogP contribution in [0.25, 0.3) is 11.0 Å². The zero-order chi connectivity index (χ0) is 19.9. The number of benzene rings is 2. The minimum atomic E-state index is -6.00. The maximum atomic E-state index is 9.75. The molecule has 0 atom stereocenters. The van der Waals surface area contributed by atoms with Crippen LogP contribution in [0.15, 0.2) is 65.1 Å². The molecule has 2 aromatic carbocycles. The van der Waals surface area contributed by atoms with E-state index in [4.69, 9.17) is 4.42 Å². The van der Waals surface area contributed by atoms with Gasteiger partial charge >= 0.3 is 12.8 Å². The van der Waals surface area contributed by atoms with Crippen LogP contribution < -0.4 is 15.4 Å². The van der Waals surface area contributed by atoms with E-state index in [2.05, 4.69) is 48.0 Å². The van der Waals surface area contributed by atoms with Gasteiger partial charge in [0.25, 0.3) is 0 Å². The first kappa shape index (κ1) is 20.5. The van der Waals surface area contributed by atoms with Crippen LogP contribution in [0, 0.1) is 0 Å². The molecule has 144 valence electrons. The van der Waals surface area contributed by atoms with Gasteiger partial charge < -0.3 is 26.6 Å². The molecule has 3 rings (SSSR count). The van der Waals surface area contributed by atoms with Crippen molar-refractivity contribution in [3.8, 4) is 0 Å². The van der Waals surface area contributed by atoms with Gasteiger partial charge in [-0.1, -0.05) is 18.2 Å². The van der Waals surface area contributed by atoms with Gasteiger partial charge in [0.1, 0.15) is 5.58 Å². The molecule has 0 aliphatic heterocycles. The maximum Gasteiger partial charge on any atom is 0.673 e. The highest BCUT2D eigenvalue weighted by molar-refractivity contribution is 6.50. The van der Waals surface area contributed by atoms with Gasteiger partial charge in [0.05, 0.1) is 6.07 Å². The first-order valence-corrected chi connectivity index (χ1v) is 8.61. The van der Waals surface area contributed by atoms with Crippen LogP contribution in [0.2, 0.25) is 0 Å². The number of nitrogens with zero attached hydrogens (tertiary/aromatic N) is 1. The molecule has 1 N–H and O–H groups in total. The Labute approximate surface area is 155 Å². The van der Waals surface area contributed by atoms with E-state index in [1.807, 2.05) is 36.4 Å². The second-order valence-corrected chi connectivity index (χ2v) is 5.68. The number of fused-ring (bicyclic) bond motifs is 1. The summed E-state index contributed by atoms with van der Waals surface area (Å²) < 4.78 is 45.0. The van der Waals surface area contributed by atoms with E-state index in [0.717, 1.165) is 35.3 Å². The van der Waals surface area contributed by atoms with Gasteiger partial charge in [-0.15, -0.1) is 0 Å². The lowest BCUT2D eigenvalue weighted by Crippen LogP contribution is -2.70. The molecule has 0 radical (unpaired) electrons. The SMILES string of the molecule is CCN(CC)c1ccc2ccc(=[NH+]c3ccccc3)oc2c1.F[B-](F)(F)F. The molecule has 0 aliphatic carbocycles. The van der Waals surface area contributed by atoms with Crippen LogP contribution in [-0.2, 0) is 0 Å². The molecular formula is C19H21BF4N2O. The molecule has 0 aliphatic rings. The largest absolute Gasteiger partial charge is 0.673 e. The van der Waals surface area contributed by atoms with Gasteiger partial charge in [-0.2, -0.15) is 4.99 Å². The lowest BCUT2D eigenvalue weighted by atomic mass is 10.2. The topological polar surface area (TPSA) is 30.4 Å². The van der Waals surface area contributed by atoms with Crippen LogP contribution in [0.5, 0.6) is 0 Å². The second-order valence-electron chi connectivity index (χ2n) is 5.68. The Kier molecular flexibility index (Phi) is 7.04. The van der Waals surface area contributed by atoms with E-state index in [9.17, 15) is 17.3 Å². The molecular weight excluding hydrogens is 359 g/mol. The van der Waals surface area contributed by atoms with Crippen molar-refractivity contribution in [1.82, 2.24) is 0 Å². The summed E-state index contributed by atoms with van der Waals surface area (Å²) in [4.78, 5) is 5.60. The molecule has 27 heavy (non-hydrogen) atoms. The minimum Gasteiger partial charge on any atom is -0.418 e. The predicted molar refractivity (Wildman–Crippen MR) is 100 cm³/mol. The van der Waals surface area contributed by atoms with E-state index in [-0.39, 0.29) is 0 Å². The Morgan fingerprint density at radius 1 is 0.889 bits per heavy atom. The van der Waals surface area contributed by atoms with Gasteiger partial charge in [0.15, 0.2) is 0 Å². The lowest BCUT2D eigenvalue weighted by molar-refractivity contribution is -0.417. The van der Waals surface area contributed by atoms with Gasteiger partial charge in [-0.25, -0.2) is 0 Å². The fourth-order valence-electron chi connectivity index (χ4n) is 2.58.